The Morgan fingerprint density at radius 2 is 1.95 bits per heavy atom. The summed E-state index contributed by atoms with van der Waals surface area (Å²) in [5.41, 5.74) is 1.16. The molecule has 1 aliphatic heterocycles. The molecule has 1 aliphatic rings. The third-order valence-electron chi connectivity index (χ3n) is 3.73. The molecule has 0 saturated carbocycles. The summed E-state index contributed by atoms with van der Waals surface area (Å²) in [6.45, 7) is 3.80. The smallest absolute Gasteiger partial charge is 0.255 e. The Hall–Kier alpha value is -2.04. The third kappa shape index (κ3) is 4.21. The summed E-state index contributed by atoms with van der Waals surface area (Å²) in [5, 5.41) is 12.4. The van der Waals surface area contributed by atoms with E-state index in [4.69, 9.17) is 0 Å². The van der Waals surface area contributed by atoms with Crippen LogP contribution in [0.4, 0.5) is 0 Å². The molecule has 5 nitrogen and oxygen atoms in total. The number of hydrogen-bond acceptors (Lipinski definition) is 3. The van der Waals surface area contributed by atoms with Crippen molar-refractivity contribution in [1.82, 2.24) is 10.2 Å². The van der Waals surface area contributed by atoms with E-state index in [1.165, 1.54) is 12.5 Å². The van der Waals surface area contributed by atoms with Gasteiger partial charge in [-0.2, -0.15) is 0 Å². The number of carbonyl (C=O) groups is 2. The summed E-state index contributed by atoms with van der Waals surface area (Å²) in [5.74, 6) is -0.299. The Labute approximate surface area is 125 Å². The van der Waals surface area contributed by atoms with Crippen molar-refractivity contribution in [1.29, 1.82) is 0 Å². The second-order valence-electron chi connectivity index (χ2n) is 5.47. The zero-order valence-electron chi connectivity index (χ0n) is 12.4. The zero-order valence-corrected chi connectivity index (χ0v) is 12.4. The number of piperidine rings is 1. The highest BCUT2D eigenvalue weighted by atomic mass is 16.3. The van der Waals surface area contributed by atoms with Gasteiger partial charge >= 0.3 is 0 Å². The fourth-order valence-corrected chi connectivity index (χ4v) is 2.51. The highest BCUT2D eigenvalue weighted by Crippen LogP contribution is 2.17. The molecule has 1 aromatic rings. The molecule has 1 aromatic carbocycles. The summed E-state index contributed by atoms with van der Waals surface area (Å²) in [6, 6.07) is 4.88. The lowest BCUT2D eigenvalue weighted by Crippen LogP contribution is -2.37. The Morgan fingerprint density at radius 3 is 2.67 bits per heavy atom. The Balaban J connectivity index is 1.81. The second kappa shape index (κ2) is 7.11. The van der Waals surface area contributed by atoms with Crippen LogP contribution in [-0.2, 0) is 4.79 Å². The number of hydrogen-bond donors (Lipinski definition) is 2. The highest BCUT2D eigenvalue weighted by molar-refractivity contribution is 5.97. The molecule has 5 heteroatoms. The summed E-state index contributed by atoms with van der Waals surface area (Å²) in [6.07, 6.45) is 3.62. The average Bonchev–Trinajstić information content (AvgIpc) is 2.50. The lowest BCUT2D eigenvalue weighted by atomic mass is 10.1. The van der Waals surface area contributed by atoms with Gasteiger partial charge in [0.15, 0.2) is 0 Å². The standard InChI is InChI=1S/C16H22N2O3/c1-12-5-6-14(19)13(11-12)16(21)17-8-7-15(20)18-9-3-2-4-10-18/h5-6,11,19H,2-4,7-10H2,1H3,(H,17,21). The minimum absolute atomic E-state index is 0.0412. The first-order chi connectivity index (χ1) is 10.1. The Morgan fingerprint density at radius 1 is 1.24 bits per heavy atom. The van der Waals surface area contributed by atoms with Crippen molar-refractivity contribution in [3.63, 3.8) is 0 Å². The van der Waals surface area contributed by atoms with E-state index in [-0.39, 0.29) is 23.1 Å². The van der Waals surface area contributed by atoms with Crippen molar-refractivity contribution in [2.75, 3.05) is 19.6 Å². The number of nitrogens with one attached hydrogen (secondary N) is 1. The fraction of sp³-hybridized carbons (Fsp3) is 0.500. The van der Waals surface area contributed by atoms with Crippen molar-refractivity contribution in [2.45, 2.75) is 32.6 Å². The first kappa shape index (κ1) is 15.4. The number of aryl methyl sites for hydroxylation is 1. The van der Waals surface area contributed by atoms with Gasteiger partial charge in [-0.25, -0.2) is 0 Å². The number of benzene rings is 1. The van der Waals surface area contributed by atoms with Crippen LogP contribution in [0.1, 0.15) is 41.6 Å². The van der Waals surface area contributed by atoms with Gasteiger partial charge in [-0.15, -0.1) is 0 Å². The van der Waals surface area contributed by atoms with E-state index in [9.17, 15) is 14.7 Å². The minimum Gasteiger partial charge on any atom is -0.507 e. The number of likely N-dealkylation sites (tertiary alicyclic amines) is 1. The molecule has 0 atom stereocenters. The lowest BCUT2D eigenvalue weighted by Gasteiger charge is -2.26. The topological polar surface area (TPSA) is 69.6 Å². The van der Waals surface area contributed by atoms with E-state index in [2.05, 4.69) is 5.32 Å². The lowest BCUT2D eigenvalue weighted by molar-refractivity contribution is -0.131. The predicted octanol–water partition coefficient (Wildman–Crippen LogP) is 1.83. The van der Waals surface area contributed by atoms with E-state index >= 15 is 0 Å². The van der Waals surface area contributed by atoms with Crippen LogP contribution in [0, 0.1) is 6.92 Å². The molecule has 0 unspecified atom stereocenters. The quantitative estimate of drug-likeness (QED) is 0.889. The van der Waals surface area contributed by atoms with Crippen molar-refractivity contribution >= 4 is 11.8 Å². The van der Waals surface area contributed by atoms with Gasteiger partial charge in [0, 0.05) is 26.1 Å². The fourth-order valence-electron chi connectivity index (χ4n) is 2.51. The monoisotopic (exact) mass is 290 g/mol. The number of phenols is 1. The molecule has 114 valence electrons. The van der Waals surface area contributed by atoms with Crippen molar-refractivity contribution < 1.29 is 14.7 Å². The second-order valence-corrected chi connectivity index (χ2v) is 5.47. The van der Waals surface area contributed by atoms with E-state index in [0.717, 1.165) is 31.5 Å². The first-order valence-corrected chi connectivity index (χ1v) is 7.43. The van der Waals surface area contributed by atoms with Crippen LogP contribution in [0.3, 0.4) is 0 Å². The summed E-state index contributed by atoms with van der Waals surface area (Å²) >= 11 is 0. The Bertz CT molecular complexity index is 522. The van der Waals surface area contributed by atoms with E-state index in [0.29, 0.717) is 13.0 Å². The van der Waals surface area contributed by atoms with Gasteiger partial charge in [0.2, 0.25) is 5.91 Å². The normalized spacial score (nSPS) is 14.8. The van der Waals surface area contributed by atoms with Gasteiger partial charge in [-0.1, -0.05) is 11.6 Å². The highest BCUT2D eigenvalue weighted by Gasteiger charge is 2.17. The molecule has 0 aliphatic carbocycles. The molecule has 0 radical (unpaired) electrons. The van der Waals surface area contributed by atoms with Gasteiger partial charge < -0.3 is 15.3 Å². The van der Waals surface area contributed by atoms with E-state index in [1.807, 2.05) is 11.8 Å². The number of nitrogens with zero attached hydrogens (tertiary/aromatic N) is 1. The van der Waals surface area contributed by atoms with Crippen LogP contribution < -0.4 is 5.32 Å². The van der Waals surface area contributed by atoms with Crippen LogP contribution in [-0.4, -0.2) is 41.5 Å². The van der Waals surface area contributed by atoms with Gasteiger partial charge in [0.05, 0.1) is 5.56 Å². The molecule has 0 bridgehead atoms. The maximum Gasteiger partial charge on any atom is 0.255 e. The number of carbonyl (C=O) groups excluding carboxylic acids is 2. The van der Waals surface area contributed by atoms with Crippen LogP contribution in [0.15, 0.2) is 18.2 Å². The molecular weight excluding hydrogens is 268 g/mol. The van der Waals surface area contributed by atoms with Crippen molar-refractivity contribution in [2.24, 2.45) is 0 Å². The molecule has 0 spiro atoms. The van der Waals surface area contributed by atoms with Gasteiger partial charge in [-0.3, -0.25) is 9.59 Å². The van der Waals surface area contributed by atoms with Crippen molar-refractivity contribution in [3.05, 3.63) is 29.3 Å². The minimum atomic E-state index is -0.345. The molecule has 1 fully saturated rings. The van der Waals surface area contributed by atoms with Gasteiger partial charge in [0.25, 0.3) is 5.91 Å². The number of aromatic hydroxyl groups is 1. The van der Waals surface area contributed by atoms with E-state index < -0.39 is 0 Å². The third-order valence-corrected chi connectivity index (χ3v) is 3.73. The van der Waals surface area contributed by atoms with Crippen LogP contribution in [0.25, 0.3) is 0 Å². The molecule has 1 saturated heterocycles. The molecular formula is C16H22N2O3. The van der Waals surface area contributed by atoms with Crippen molar-refractivity contribution in [3.8, 4) is 5.75 Å². The molecule has 21 heavy (non-hydrogen) atoms. The summed E-state index contributed by atoms with van der Waals surface area (Å²) < 4.78 is 0. The maximum atomic E-state index is 12.0. The molecule has 2 N–H and O–H groups in total. The molecule has 1 heterocycles. The maximum absolute atomic E-state index is 12.0. The molecule has 0 aromatic heterocycles. The van der Waals surface area contributed by atoms with Crippen LogP contribution in [0.2, 0.25) is 0 Å². The molecule has 2 amide bonds. The van der Waals surface area contributed by atoms with Gasteiger partial charge in [0.1, 0.15) is 5.75 Å². The molecule has 2 rings (SSSR count). The number of amides is 2. The average molecular weight is 290 g/mol. The summed E-state index contributed by atoms with van der Waals surface area (Å²) in [4.78, 5) is 25.8. The summed E-state index contributed by atoms with van der Waals surface area (Å²) in [7, 11) is 0. The number of rotatable bonds is 4. The van der Waals surface area contributed by atoms with E-state index in [1.54, 1.807) is 12.1 Å². The largest absolute Gasteiger partial charge is 0.507 e. The first-order valence-electron chi connectivity index (χ1n) is 7.43. The predicted molar refractivity (Wildman–Crippen MR) is 80.2 cm³/mol. The van der Waals surface area contributed by atoms with Gasteiger partial charge in [-0.05, 0) is 38.3 Å². The SMILES string of the molecule is Cc1ccc(O)c(C(=O)NCCC(=O)N2CCCCC2)c1. The zero-order chi connectivity index (χ0) is 15.2. The van der Waals surface area contributed by atoms with Crippen LogP contribution in [0.5, 0.6) is 5.75 Å². The Kier molecular flexibility index (Phi) is 5.20. The number of phenolic OH excluding ortho intramolecular Hbond substituents is 1. The van der Waals surface area contributed by atoms with Crippen LogP contribution >= 0.6 is 0 Å².